The molecule has 3 aliphatic heterocycles. The molecule has 4 aromatic carbocycles. The molecule has 62 heavy (non-hydrogen) atoms. The van der Waals surface area contributed by atoms with Gasteiger partial charge in [-0.2, -0.15) is 0 Å². The van der Waals surface area contributed by atoms with Crippen molar-refractivity contribution in [3.8, 4) is 0 Å². The lowest BCUT2D eigenvalue weighted by atomic mass is 9.78. The summed E-state index contributed by atoms with van der Waals surface area (Å²) in [6.45, 7) is -0.726. The van der Waals surface area contributed by atoms with Crippen LogP contribution in [0.4, 0.5) is 0 Å². The number of imide groups is 2. The van der Waals surface area contributed by atoms with Crippen molar-refractivity contribution in [1.29, 1.82) is 0 Å². The van der Waals surface area contributed by atoms with Crippen LogP contribution in [0.2, 0.25) is 0 Å². The number of methoxy groups -OCH3 is 2. The third kappa shape index (κ3) is 8.26. The van der Waals surface area contributed by atoms with Crippen molar-refractivity contribution in [2.45, 2.75) is 61.4 Å². The van der Waals surface area contributed by atoms with E-state index in [2.05, 4.69) is 0 Å². The quantitative estimate of drug-likeness (QED) is 0.132. The van der Waals surface area contributed by atoms with Crippen LogP contribution in [0.3, 0.4) is 0 Å². The van der Waals surface area contributed by atoms with Crippen molar-refractivity contribution in [3.05, 3.63) is 143 Å². The van der Waals surface area contributed by atoms with Gasteiger partial charge in [-0.15, -0.1) is 0 Å². The van der Waals surface area contributed by atoms with Crippen LogP contribution in [0, 0.1) is 5.92 Å². The third-order valence-corrected chi connectivity index (χ3v) is 11.4. The summed E-state index contributed by atoms with van der Waals surface area (Å²) < 4.78 is 27.5. The molecular formula is C45H44N2O15. The Balaban J connectivity index is 0.000000213. The summed E-state index contributed by atoms with van der Waals surface area (Å²) in [5.74, 6) is -4.32. The molecule has 8 rings (SSSR count). The molecule has 1 saturated heterocycles. The fourth-order valence-corrected chi connectivity index (χ4v) is 8.21. The van der Waals surface area contributed by atoms with Crippen LogP contribution in [-0.4, -0.2) is 148 Å². The second-order valence-corrected chi connectivity index (χ2v) is 14.9. The summed E-state index contributed by atoms with van der Waals surface area (Å²) in [5.41, 5.74) is 1.47. The molecule has 17 heteroatoms. The predicted molar refractivity (Wildman–Crippen MR) is 214 cm³/mol. The van der Waals surface area contributed by atoms with Crippen molar-refractivity contribution < 1.29 is 72.9 Å². The van der Waals surface area contributed by atoms with Crippen molar-refractivity contribution in [2.24, 2.45) is 5.92 Å². The Bertz CT molecular complexity index is 2240. The molecule has 0 aromatic heterocycles. The highest BCUT2D eigenvalue weighted by atomic mass is 16.7. The Labute approximate surface area is 354 Å². The van der Waals surface area contributed by atoms with E-state index in [-0.39, 0.29) is 40.8 Å². The van der Waals surface area contributed by atoms with Crippen LogP contribution in [-0.2, 0) is 23.7 Å². The Hall–Kier alpha value is -6.18. The van der Waals surface area contributed by atoms with Crippen LogP contribution < -0.4 is 0 Å². The zero-order valence-corrected chi connectivity index (χ0v) is 33.5. The van der Waals surface area contributed by atoms with Crippen molar-refractivity contribution in [2.75, 3.05) is 27.4 Å². The summed E-state index contributed by atoms with van der Waals surface area (Å²) in [6, 6.07) is 27.0. The number of aliphatic hydroxyl groups is 4. The number of hydrogen-bond donors (Lipinski definition) is 4. The molecule has 10 atom stereocenters. The Morgan fingerprint density at radius 1 is 0.613 bits per heavy atom. The molecular weight excluding hydrogens is 808 g/mol. The largest absolute Gasteiger partial charge is 0.462 e. The maximum atomic E-state index is 13.4. The molecule has 324 valence electrons. The number of aliphatic hydroxyl groups excluding tert-OH is 4. The number of carbonyl (C=O) groups excluding carboxylic acids is 6. The van der Waals surface area contributed by atoms with E-state index >= 15 is 0 Å². The number of amides is 4. The van der Waals surface area contributed by atoms with Crippen molar-refractivity contribution in [3.63, 3.8) is 0 Å². The Kier molecular flexibility index (Phi) is 13.3. The van der Waals surface area contributed by atoms with Gasteiger partial charge in [0, 0.05) is 20.1 Å². The van der Waals surface area contributed by atoms with E-state index in [1.807, 2.05) is 0 Å². The van der Waals surface area contributed by atoms with Crippen LogP contribution in [0.5, 0.6) is 0 Å². The van der Waals surface area contributed by atoms with E-state index in [1.54, 1.807) is 97.1 Å². The first kappa shape index (κ1) is 43.9. The van der Waals surface area contributed by atoms with Crippen LogP contribution >= 0.6 is 0 Å². The van der Waals surface area contributed by atoms with Crippen LogP contribution in [0.1, 0.15) is 68.6 Å². The van der Waals surface area contributed by atoms with Crippen LogP contribution in [0.25, 0.3) is 0 Å². The van der Waals surface area contributed by atoms with Gasteiger partial charge < -0.3 is 44.1 Å². The number of fused-ring (bicyclic) bond motifs is 2. The first-order chi connectivity index (χ1) is 29.9. The molecule has 0 spiro atoms. The molecule has 4 aliphatic rings. The number of hydrogen-bond acceptors (Lipinski definition) is 15. The smallest absolute Gasteiger partial charge is 0.338 e. The number of benzene rings is 4. The standard InChI is InChI=1S/C30H27NO8.C15H17NO7/c1-37-23-16-20(17-38-29(35)18-10-4-2-5-11-18)25(32)26(39-30(36)19-12-6-3-7-13-19)24(23)31-27(33)21-14-8-9-15-22(21)28(31)34;1-22-15-10(12(19)11(18)9(6-17)23-15)16-13(20)7-4-2-3-5-8(7)14(16)21/h2-15,20,23-26,32H,16-17H2,1H3;2-5,9-12,15,17-19H,6H2,1H3. The maximum absolute atomic E-state index is 13.4. The number of nitrogens with zero attached hydrogens (tertiary/aromatic N) is 2. The molecule has 1 aliphatic carbocycles. The fourth-order valence-electron chi connectivity index (χ4n) is 8.21. The summed E-state index contributed by atoms with van der Waals surface area (Å²) in [6.07, 6.45) is -8.59. The monoisotopic (exact) mass is 852 g/mol. The summed E-state index contributed by atoms with van der Waals surface area (Å²) in [4.78, 5) is 79.3. The van der Waals surface area contributed by atoms with E-state index in [0.717, 1.165) is 9.80 Å². The Morgan fingerprint density at radius 2 is 1.06 bits per heavy atom. The lowest BCUT2D eigenvalue weighted by Gasteiger charge is -2.46. The summed E-state index contributed by atoms with van der Waals surface area (Å²) >= 11 is 0. The lowest BCUT2D eigenvalue weighted by Crippen LogP contribution is -2.65. The highest BCUT2D eigenvalue weighted by molar-refractivity contribution is 6.22. The second-order valence-electron chi connectivity index (χ2n) is 14.9. The highest BCUT2D eigenvalue weighted by Crippen LogP contribution is 2.38. The van der Waals surface area contributed by atoms with Crippen molar-refractivity contribution in [1.82, 2.24) is 9.80 Å². The molecule has 4 amide bonds. The molecule has 0 bridgehead atoms. The van der Waals surface area contributed by atoms with Gasteiger partial charge in [0.2, 0.25) is 0 Å². The van der Waals surface area contributed by atoms with Crippen molar-refractivity contribution >= 4 is 35.6 Å². The molecule has 17 nitrogen and oxygen atoms in total. The number of ether oxygens (including phenoxy) is 5. The maximum Gasteiger partial charge on any atom is 0.338 e. The molecule has 10 unspecified atom stereocenters. The van der Waals surface area contributed by atoms with Gasteiger partial charge in [-0.25, -0.2) is 9.59 Å². The molecule has 0 radical (unpaired) electrons. The molecule has 4 aromatic rings. The van der Waals surface area contributed by atoms with Gasteiger partial charge in [0.25, 0.3) is 23.6 Å². The SMILES string of the molecule is COC1CC(COC(=O)c2ccccc2)C(O)C(OC(=O)c2ccccc2)C1N1C(=O)c2ccccc2C1=O.COC1OC(CO)C(O)C(O)C1N1C(=O)c2ccccc2C1=O. The van der Waals surface area contributed by atoms with E-state index in [9.17, 15) is 49.2 Å². The predicted octanol–water partition coefficient (Wildman–Crippen LogP) is 1.87. The summed E-state index contributed by atoms with van der Waals surface area (Å²) in [7, 11) is 2.70. The minimum atomic E-state index is -1.51. The minimum Gasteiger partial charge on any atom is -0.462 e. The van der Waals surface area contributed by atoms with Gasteiger partial charge in [0.05, 0.1) is 58.8 Å². The average molecular weight is 853 g/mol. The van der Waals surface area contributed by atoms with Gasteiger partial charge in [0.15, 0.2) is 12.4 Å². The Morgan fingerprint density at radius 3 is 1.52 bits per heavy atom. The number of rotatable bonds is 10. The van der Waals surface area contributed by atoms with Gasteiger partial charge in [0.1, 0.15) is 30.4 Å². The zero-order chi connectivity index (χ0) is 44.2. The molecule has 1 saturated carbocycles. The van der Waals surface area contributed by atoms with E-state index in [1.165, 1.54) is 26.4 Å². The van der Waals surface area contributed by atoms with Gasteiger partial charge in [-0.05, 0) is 55.0 Å². The number of esters is 2. The molecule has 3 heterocycles. The van der Waals surface area contributed by atoms with E-state index in [4.69, 9.17) is 23.7 Å². The van der Waals surface area contributed by atoms with E-state index < -0.39 is 103 Å². The minimum absolute atomic E-state index is 0.136. The third-order valence-electron chi connectivity index (χ3n) is 11.4. The lowest BCUT2D eigenvalue weighted by molar-refractivity contribution is -0.272. The first-order valence-electron chi connectivity index (χ1n) is 19.7. The highest BCUT2D eigenvalue weighted by Gasteiger charge is 2.55. The fraction of sp³-hybridized carbons (Fsp3) is 0.333. The van der Waals surface area contributed by atoms with Crippen LogP contribution in [0.15, 0.2) is 109 Å². The molecule has 4 N–H and O–H groups in total. The molecule has 2 fully saturated rings. The first-order valence-corrected chi connectivity index (χ1v) is 19.7. The van der Waals surface area contributed by atoms with Gasteiger partial charge >= 0.3 is 11.9 Å². The summed E-state index contributed by atoms with van der Waals surface area (Å²) in [5, 5.41) is 41.0. The topological polar surface area (TPSA) is 236 Å². The zero-order valence-electron chi connectivity index (χ0n) is 33.5. The second kappa shape index (κ2) is 18.8. The van der Waals surface area contributed by atoms with E-state index in [0.29, 0.717) is 5.56 Å². The van der Waals surface area contributed by atoms with Gasteiger partial charge in [-0.3, -0.25) is 29.0 Å². The number of carbonyl (C=O) groups is 6. The van der Waals surface area contributed by atoms with Gasteiger partial charge in [-0.1, -0.05) is 60.7 Å². The average Bonchev–Trinajstić information content (AvgIpc) is 3.71. The normalized spacial score (nSPS) is 27.8.